The van der Waals surface area contributed by atoms with Crippen LogP contribution in [0.15, 0.2) is 66.7 Å². The van der Waals surface area contributed by atoms with Gasteiger partial charge in [0.15, 0.2) is 10.9 Å². The van der Waals surface area contributed by atoms with Crippen molar-refractivity contribution in [2.24, 2.45) is 0 Å². The third-order valence-electron chi connectivity index (χ3n) is 4.39. The monoisotopic (exact) mass is 412 g/mol. The van der Waals surface area contributed by atoms with Crippen molar-refractivity contribution in [2.45, 2.75) is 13.0 Å². The number of carbonyl (C=O) groups excluding carboxylic acids is 1. The molecule has 0 saturated heterocycles. The Morgan fingerprint density at radius 1 is 0.897 bits per heavy atom. The second-order valence-corrected chi connectivity index (χ2v) is 7.51. The van der Waals surface area contributed by atoms with Gasteiger partial charge in [-0.3, -0.25) is 9.69 Å². The number of halogens is 3. The van der Waals surface area contributed by atoms with Gasteiger partial charge in [-0.25, -0.2) is 18.2 Å². The van der Waals surface area contributed by atoms with Crippen molar-refractivity contribution in [1.29, 1.82) is 0 Å². The molecule has 1 amide bonds. The second kappa shape index (κ2) is 8.05. The van der Waals surface area contributed by atoms with E-state index in [4.69, 9.17) is 0 Å². The molecule has 4 rings (SSSR count). The number of anilines is 1. The molecule has 7 heteroatoms. The molecular weight excluding hydrogens is 397 g/mol. The Kier molecular flexibility index (Phi) is 5.31. The van der Waals surface area contributed by atoms with E-state index in [1.54, 1.807) is 12.1 Å². The summed E-state index contributed by atoms with van der Waals surface area (Å²) in [5, 5.41) is 0.278. The highest BCUT2D eigenvalue weighted by molar-refractivity contribution is 7.22. The SMILES string of the molecule is O=C(Cc1ccc(F)cc1)N(Cc1ccccc1)c1nc2c(F)cc(F)cc2s1. The first-order chi connectivity index (χ1) is 14.0. The zero-order chi connectivity index (χ0) is 20.4. The lowest BCUT2D eigenvalue weighted by molar-refractivity contribution is -0.118. The van der Waals surface area contributed by atoms with Crippen LogP contribution in [0.1, 0.15) is 11.1 Å². The van der Waals surface area contributed by atoms with Crippen LogP contribution in [-0.2, 0) is 17.8 Å². The highest BCUT2D eigenvalue weighted by atomic mass is 32.1. The summed E-state index contributed by atoms with van der Waals surface area (Å²) in [7, 11) is 0. The topological polar surface area (TPSA) is 33.2 Å². The van der Waals surface area contributed by atoms with Gasteiger partial charge in [0.2, 0.25) is 5.91 Å². The Morgan fingerprint density at radius 2 is 1.62 bits per heavy atom. The van der Waals surface area contributed by atoms with Crippen LogP contribution in [-0.4, -0.2) is 10.9 Å². The van der Waals surface area contributed by atoms with Crippen molar-refractivity contribution in [3.8, 4) is 0 Å². The van der Waals surface area contributed by atoms with Crippen LogP contribution >= 0.6 is 11.3 Å². The predicted molar refractivity (Wildman–Crippen MR) is 107 cm³/mol. The lowest BCUT2D eigenvalue weighted by atomic mass is 10.1. The zero-order valence-electron chi connectivity index (χ0n) is 15.1. The molecule has 0 bridgehead atoms. The highest BCUT2D eigenvalue weighted by Gasteiger charge is 2.22. The number of hydrogen-bond donors (Lipinski definition) is 0. The van der Waals surface area contributed by atoms with Crippen molar-refractivity contribution in [1.82, 2.24) is 4.98 Å². The van der Waals surface area contributed by atoms with Gasteiger partial charge >= 0.3 is 0 Å². The maximum atomic E-state index is 14.1. The molecule has 0 fully saturated rings. The molecule has 0 saturated carbocycles. The van der Waals surface area contributed by atoms with E-state index < -0.39 is 11.6 Å². The van der Waals surface area contributed by atoms with Gasteiger partial charge in [-0.15, -0.1) is 0 Å². The molecule has 1 heterocycles. The standard InChI is InChI=1S/C22H15F3N2OS/c23-16-8-6-14(7-9-16)10-20(28)27(13-15-4-2-1-3-5-15)22-26-21-18(25)11-17(24)12-19(21)29-22/h1-9,11-12H,10,13H2. The summed E-state index contributed by atoms with van der Waals surface area (Å²) >= 11 is 1.05. The normalized spacial score (nSPS) is 11.0. The number of aromatic nitrogens is 1. The molecule has 1 aromatic heterocycles. The molecule has 3 nitrogen and oxygen atoms in total. The van der Waals surface area contributed by atoms with E-state index in [0.29, 0.717) is 10.3 Å². The summed E-state index contributed by atoms with van der Waals surface area (Å²) in [6.07, 6.45) is 0.0277. The number of thiazole rings is 1. The molecule has 0 radical (unpaired) electrons. The third-order valence-corrected chi connectivity index (χ3v) is 5.41. The van der Waals surface area contributed by atoms with Gasteiger partial charge in [0.25, 0.3) is 0 Å². The van der Waals surface area contributed by atoms with Crippen LogP contribution in [0, 0.1) is 17.5 Å². The Hall–Kier alpha value is -3.19. The fraction of sp³-hybridized carbons (Fsp3) is 0.0909. The first kappa shape index (κ1) is 19.1. The smallest absolute Gasteiger partial charge is 0.233 e. The molecule has 29 heavy (non-hydrogen) atoms. The molecule has 0 unspecified atom stereocenters. The first-order valence-electron chi connectivity index (χ1n) is 8.84. The van der Waals surface area contributed by atoms with Crippen molar-refractivity contribution in [2.75, 3.05) is 4.90 Å². The van der Waals surface area contributed by atoms with E-state index in [1.165, 1.54) is 23.1 Å². The van der Waals surface area contributed by atoms with Gasteiger partial charge in [-0.2, -0.15) is 0 Å². The minimum atomic E-state index is -0.770. The molecule has 0 spiro atoms. The average Bonchev–Trinajstić information content (AvgIpc) is 3.12. The van der Waals surface area contributed by atoms with E-state index in [-0.39, 0.29) is 35.3 Å². The van der Waals surface area contributed by atoms with Crippen LogP contribution in [0.5, 0.6) is 0 Å². The van der Waals surface area contributed by atoms with Gasteiger partial charge in [0.1, 0.15) is 17.2 Å². The maximum absolute atomic E-state index is 14.1. The van der Waals surface area contributed by atoms with Crippen LogP contribution in [0.2, 0.25) is 0 Å². The summed E-state index contributed by atoms with van der Waals surface area (Å²) in [5.41, 5.74) is 1.54. The molecule has 0 aliphatic heterocycles. The van der Waals surface area contributed by atoms with Crippen molar-refractivity contribution in [3.05, 3.63) is 95.3 Å². The summed E-state index contributed by atoms with van der Waals surface area (Å²) < 4.78 is 41.1. The number of fused-ring (bicyclic) bond motifs is 1. The number of amides is 1. The van der Waals surface area contributed by atoms with Gasteiger partial charge < -0.3 is 0 Å². The number of hydrogen-bond acceptors (Lipinski definition) is 3. The van der Waals surface area contributed by atoms with Crippen LogP contribution < -0.4 is 4.90 Å². The van der Waals surface area contributed by atoms with E-state index in [2.05, 4.69) is 4.98 Å². The molecule has 0 N–H and O–H groups in total. The van der Waals surface area contributed by atoms with E-state index >= 15 is 0 Å². The van der Waals surface area contributed by atoms with E-state index in [1.807, 2.05) is 30.3 Å². The molecular formula is C22H15F3N2OS. The van der Waals surface area contributed by atoms with Crippen molar-refractivity contribution in [3.63, 3.8) is 0 Å². The number of nitrogens with zero attached hydrogens (tertiary/aromatic N) is 2. The first-order valence-corrected chi connectivity index (χ1v) is 9.65. The number of rotatable bonds is 5. The lowest BCUT2D eigenvalue weighted by Crippen LogP contribution is -2.31. The average molecular weight is 412 g/mol. The Balaban J connectivity index is 1.70. The largest absolute Gasteiger partial charge is 0.283 e. The number of benzene rings is 3. The molecule has 0 atom stereocenters. The minimum absolute atomic E-state index is 0.0269. The van der Waals surface area contributed by atoms with Crippen LogP contribution in [0.25, 0.3) is 10.2 Å². The fourth-order valence-electron chi connectivity index (χ4n) is 2.96. The Labute approximate surface area is 169 Å². The highest BCUT2D eigenvalue weighted by Crippen LogP contribution is 2.32. The molecule has 146 valence electrons. The molecule has 0 aliphatic carbocycles. The van der Waals surface area contributed by atoms with Crippen LogP contribution in [0.3, 0.4) is 0 Å². The zero-order valence-corrected chi connectivity index (χ0v) is 15.9. The molecule has 3 aromatic carbocycles. The Morgan fingerprint density at radius 3 is 2.34 bits per heavy atom. The van der Waals surface area contributed by atoms with Gasteiger partial charge in [-0.05, 0) is 29.3 Å². The van der Waals surface area contributed by atoms with Crippen LogP contribution in [0.4, 0.5) is 18.3 Å². The van der Waals surface area contributed by atoms with Crippen molar-refractivity contribution >= 4 is 32.6 Å². The molecule has 4 aromatic rings. The summed E-state index contributed by atoms with van der Waals surface area (Å²) in [4.78, 5) is 18.8. The van der Waals surface area contributed by atoms with E-state index in [9.17, 15) is 18.0 Å². The lowest BCUT2D eigenvalue weighted by Gasteiger charge is -2.20. The molecule has 0 aliphatic rings. The van der Waals surface area contributed by atoms with Gasteiger partial charge in [0, 0.05) is 6.07 Å². The summed E-state index contributed by atoms with van der Waals surface area (Å²) in [6, 6.07) is 16.9. The fourth-order valence-corrected chi connectivity index (χ4v) is 3.98. The van der Waals surface area contributed by atoms with Gasteiger partial charge in [0.05, 0.1) is 17.7 Å². The second-order valence-electron chi connectivity index (χ2n) is 6.50. The summed E-state index contributed by atoms with van der Waals surface area (Å²) in [5.74, 6) is -2.13. The summed E-state index contributed by atoms with van der Waals surface area (Å²) in [6.45, 7) is 0.227. The number of carbonyl (C=O) groups is 1. The Bertz CT molecular complexity index is 1160. The maximum Gasteiger partial charge on any atom is 0.233 e. The van der Waals surface area contributed by atoms with Gasteiger partial charge in [-0.1, -0.05) is 53.8 Å². The quantitative estimate of drug-likeness (QED) is 0.434. The minimum Gasteiger partial charge on any atom is -0.283 e. The predicted octanol–water partition coefficient (Wildman–Crippen LogP) is 5.49. The van der Waals surface area contributed by atoms with E-state index in [0.717, 1.165) is 23.0 Å². The third kappa shape index (κ3) is 4.30. The van der Waals surface area contributed by atoms with Crippen molar-refractivity contribution < 1.29 is 18.0 Å².